The quantitative estimate of drug-likeness (QED) is 0.896. The Morgan fingerprint density at radius 3 is 2.43 bits per heavy atom. The van der Waals surface area contributed by atoms with Crippen LogP contribution in [0.15, 0.2) is 30.3 Å². The zero-order chi connectivity index (χ0) is 16.7. The van der Waals surface area contributed by atoms with Gasteiger partial charge in [0.1, 0.15) is 0 Å². The van der Waals surface area contributed by atoms with E-state index in [1.54, 1.807) is 11.8 Å². The van der Waals surface area contributed by atoms with Crippen molar-refractivity contribution in [2.75, 3.05) is 39.3 Å². The Labute approximate surface area is 137 Å². The van der Waals surface area contributed by atoms with Crippen LogP contribution in [0.3, 0.4) is 0 Å². The number of hydrogen-bond donors (Lipinski definition) is 1. The minimum absolute atomic E-state index is 0.00550. The predicted molar refractivity (Wildman–Crippen MR) is 88.0 cm³/mol. The summed E-state index contributed by atoms with van der Waals surface area (Å²) in [4.78, 5) is 27.5. The average Bonchev–Trinajstić information content (AvgIpc) is 2.56. The van der Waals surface area contributed by atoms with E-state index in [2.05, 4.69) is 10.2 Å². The van der Waals surface area contributed by atoms with Gasteiger partial charge >= 0.3 is 6.09 Å². The molecule has 1 saturated heterocycles. The lowest BCUT2D eigenvalue weighted by molar-refractivity contribution is -0.123. The van der Waals surface area contributed by atoms with Crippen LogP contribution in [0.2, 0.25) is 0 Å². The van der Waals surface area contributed by atoms with Crippen molar-refractivity contribution in [3.8, 4) is 0 Å². The molecule has 1 aromatic rings. The van der Waals surface area contributed by atoms with E-state index in [0.717, 1.165) is 5.56 Å². The Kier molecular flexibility index (Phi) is 6.40. The Morgan fingerprint density at radius 2 is 1.83 bits per heavy atom. The molecule has 1 N–H and O–H groups in total. The molecule has 1 heterocycles. The monoisotopic (exact) mass is 319 g/mol. The largest absolute Gasteiger partial charge is 0.450 e. The van der Waals surface area contributed by atoms with Crippen LogP contribution >= 0.6 is 0 Å². The zero-order valence-corrected chi connectivity index (χ0v) is 13.8. The van der Waals surface area contributed by atoms with E-state index in [1.807, 2.05) is 37.3 Å². The molecular formula is C17H25N3O3. The van der Waals surface area contributed by atoms with Crippen molar-refractivity contribution in [3.63, 3.8) is 0 Å². The molecule has 0 unspecified atom stereocenters. The number of hydrogen-bond acceptors (Lipinski definition) is 4. The third-order valence-corrected chi connectivity index (χ3v) is 3.94. The van der Waals surface area contributed by atoms with Gasteiger partial charge in [0, 0.05) is 26.2 Å². The van der Waals surface area contributed by atoms with Gasteiger partial charge < -0.3 is 15.0 Å². The second kappa shape index (κ2) is 8.53. The molecule has 0 radical (unpaired) electrons. The number of carbonyl (C=O) groups excluding carboxylic acids is 2. The highest BCUT2D eigenvalue weighted by molar-refractivity contribution is 5.78. The standard InChI is InChI=1S/C17H25N3O3/c1-3-23-17(22)20-11-9-19(10-12-20)13-16(21)18-14(2)15-7-5-4-6-8-15/h4-8,14H,3,9-13H2,1-2H3,(H,18,21)/t14-/m0/s1. The van der Waals surface area contributed by atoms with E-state index in [1.165, 1.54) is 0 Å². The Balaban J connectivity index is 1.73. The van der Waals surface area contributed by atoms with E-state index in [-0.39, 0.29) is 18.0 Å². The van der Waals surface area contributed by atoms with Gasteiger partial charge in [0.15, 0.2) is 0 Å². The second-order valence-electron chi connectivity index (χ2n) is 5.66. The summed E-state index contributed by atoms with van der Waals surface area (Å²) in [5.41, 5.74) is 1.09. The maximum atomic E-state index is 12.2. The minimum Gasteiger partial charge on any atom is -0.450 e. The van der Waals surface area contributed by atoms with Crippen LogP contribution in [-0.2, 0) is 9.53 Å². The maximum Gasteiger partial charge on any atom is 0.409 e. The van der Waals surface area contributed by atoms with Crippen LogP contribution in [0.1, 0.15) is 25.5 Å². The van der Waals surface area contributed by atoms with Gasteiger partial charge in [-0.1, -0.05) is 30.3 Å². The van der Waals surface area contributed by atoms with Gasteiger partial charge in [0.25, 0.3) is 0 Å². The maximum absolute atomic E-state index is 12.2. The van der Waals surface area contributed by atoms with Crippen LogP contribution in [0.4, 0.5) is 4.79 Å². The highest BCUT2D eigenvalue weighted by Crippen LogP contribution is 2.11. The topological polar surface area (TPSA) is 61.9 Å². The summed E-state index contributed by atoms with van der Waals surface area (Å²) in [7, 11) is 0. The first kappa shape index (κ1) is 17.3. The molecule has 6 nitrogen and oxygen atoms in total. The predicted octanol–water partition coefficient (Wildman–Crippen LogP) is 1.64. The molecule has 6 heteroatoms. The van der Waals surface area contributed by atoms with Crippen LogP contribution < -0.4 is 5.32 Å². The first-order valence-corrected chi connectivity index (χ1v) is 8.08. The molecule has 1 atom stereocenters. The zero-order valence-electron chi connectivity index (χ0n) is 13.8. The number of ether oxygens (including phenoxy) is 1. The number of amides is 2. The molecule has 1 aliphatic rings. The molecule has 126 valence electrons. The Hall–Kier alpha value is -2.08. The molecule has 1 aromatic carbocycles. The lowest BCUT2D eigenvalue weighted by atomic mass is 10.1. The fourth-order valence-electron chi connectivity index (χ4n) is 2.62. The molecule has 0 bridgehead atoms. The molecule has 23 heavy (non-hydrogen) atoms. The molecule has 0 spiro atoms. The lowest BCUT2D eigenvalue weighted by Crippen LogP contribution is -2.51. The number of nitrogens with one attached hydrogen (secondary N) is 1. The summed E-state index contributed by atoms with van der Waals surface area (Å²) < 4.78 is 4.99. The van der Waals surface area contributed by atoms with E-state index in [0.29, 0.717) is 39.3 Å². The van der Waals surface area contributed by atoms with Gasteiger partial charge in [0.05, 0.1) is 19.2 Å². The fraction of sp³-hybridized carbons (Fsp3) is 0.529. The molecule has 0 aromatic heterocycles. The van der Waals surface area contributed by atoms with Crippen molar-refractivity contribution in [1.29, 1.82) is 0 Å². The number of piperazine rings is 1. The molecule has 0 aliphatic carbocycles. The molecule has 1 aliphatic heterocycles. The van der Waals surface area contributed by atoms with Crippen LogP contribution in [0, 0.1) is 0 Å². The Morgan fingerprint density at radius 1 is 1.17 bits per heavy atom. The van der Waals surface area contributed by atoms with Crippen LogP contribution in [0.5, 0.6) is 0 Å². The van der Waals surface area contributed by atoms with Crippen molar-refractivity contribution >= 4 is 12.0 Å². The average molecular weight is 319 g/mol. The molecule has 1 fully saturated rings. The number of nitrogens with zero attached hydrogens (tertiary/aromatic N) is 2. The fourth-order valence-corrected chi connectivity index (χ4v) is 2.62. The summed E-state index contributed by atoms with van der Waals surface area (Å²) >= 11 is 0. The molecular weight excluding hydrogens is 294 g/mol. The first-order valence-electron chi connectivity index (χ1n) is 8.08. The Bertz CT molecular complexity index is 513. The number of carbonyl (C=O) groups is 2. The lowest BCUT2D eigenvalue weighted by Gasteiger charge is -2.33. The SMILES string of the molecule is CCOC(=O)N1CCN(CC(=O)N[C@@H](C)c2ccccc2)CC1. The van der Waals surface area contributed by atoms with Gasteiger partial charge in [-0.15, -0.1) is 0 Å². The first-order chi connectivity index (χ1) is 11.1. The van der Waals surface area contributed by atoms with Gasteiger partial charge in [-0.2, -0.15) is 0 Å². The summed E-state index contributed by atoms with van der Waals surface area (Å²) in [5.74, 6) is 0.00550. The van der Waals surface area contributed by atoms with E-state index in [9.17, 15) is 9.59 Å². The molecule has 2 amide bonds. The van der Waals surface area contributed by atoms with Crippen LogP contribution in [0.25, 0.3) is 0 Å². The van der Waals surface area contributed by atoms with Crippen molar-refractivity contribution in [3.05, 3.63) is 35.9 Å². The van der Waals surface area contributed by atoms with E-state index in [4.69, 9.17) is 4.74 Å². The minimum atomic E-state index is -0.269. The highest BCUT2D eigenvalue weighted by atomic mass is 16.6. The van der Waals surface area contributed by atoms with Crippen molar-refractivity contribution < 1.29 is 14.3 Å². The highest BCUT2D eigenvalue weighted by Gasteiger charge is 2.23. The summed E-state index contributed by atoms with van der Waals surface area (Å²) in [6.07, 6.45) is -0.269. The smallest absolute Gasteiger partial charge is 0.409 e. The second-order valence-corrected chi connectivity index (χ2v) is 5.66. The summed E-state index contributed by atoms with van der Waals surface area (Å²) in [6, 6.07) is 9.89. The van der Waals surface area contributed by atoms with Crippen LogP contribution in [-0.4, -0.2) is 61.1 Å². The number of benzene rings is 1. The normalized spacial score (nSPS) is 16.7. The molecule has 2 rings (SSSR count). The van der Waals surface area contributed by atoms with Gasteiger partial charge in [-0.25, -0.2) is 4.79 Å². The van der Waals surface area contributed by atoms with E-state index >= 15 is 0 Å². The third-order valence-electron chi connectivity index (χ3n) is 3.94. The van der Waals surface area contributed by atoms with Gasteiger partial charge in [0.2, 0.25) is 5.91 Å². The van der Waals surface area contributed by atoms with Crippen molar-refractivity contribution in [2.45, 2.75) is 19.9 Å². The number of rotatable bonds is 5. The summed E-state index contributed by atoms with van der Waals surface area (Å²) in [6.45, 7) is 7.09. The van der Waals surface area contributed by atoms with Crippen molar-refractivity contribution in [2.24, 2.45) is 0 Å². The van der Waals surface area contributed by atoms with Crippen molar-refractivity contribution in [1.82, 2.24) is 15.1 Å². The van der Waals surface area contributed by atoms with Gasteiger partial charge in [-0.05, 0) is 19.4 Å². The molecule has 0 saturated carbocycles. The van der Waals surface area contributed by atoms with E-state index < -0.39 is 0 Å². The third kappa shape index (κ3) is 5.25. The summed E-state index contributed by atoms with van der Waals surface area (Å²) in [5, 5.41) is 3.01. The van der Waals surface area contributed by atoms with Gasteiger partial charge in [-0.3, -0.25) is 9.69 Å².